The highest BCUT2D eigenvalue weighted by Crippen LogP contribution is 2.37. The number of amides is 1. The number of aromatic nitrogens is 1. The number of aryl methyl sites for hydroxylation is 2. The first-order valence-electron chi connectivity index (χ1n) is 12.8. The third kappa shape index (κ3) is 6.74. The molecule has 0 saturated heterocycles. The standard InChI is InChI=1S/C27H33F3N4O4S/c1-3-34-17-19-9-12-39(37,38)33(2)22-14-20(15-23(34)25(19)22)26(36)32-21(13-18-7-5-4-6-8-18)24(35)16-31-11-10-27(28,29)30/h4-8,14-15,17,21,24,31,35H,3,9-13,16H2,1-2H3,(H,32,36)/t21-,24+/m0/s1. The summed E-state index contributed by atoms with van der Waals surface area (Å²) in [4.78, 5) is 13.5. The molecule has 2 heterocycles. The van der Waals surface area contributed by atoms with Crippen LogP contribution in [0.5, 0.6) is 0 Å². The van der Waals surface area contributed by atoms with E-state index in [9.17, 15) is 31.5 Å². The Bertz CT molecular complexity index is 1420. The third-order valence-corrected chi connectivity index (χ3v) is 8.80. The van der Waals surface area contributed by atoms with Crippen LogP contribution in [0.4, 0.5) is 18.9 Å². The van der Waals surface area contributed by atoms with E-state index in [2.05, 4.69) is 10.6 Å². The fourth-order valence-electron chi connectivity index (χ4n) is 4.87. The highest BCUT2D eigenvalue weighted by atomic mass is 32.2. The Morgan fingerprint density at radius 2 is 1.90 bits per heavy atom. The lowest BCUT2D eigenvalue weighted by Crippen LogP contribution is -2.49. The Hall–Kier alpha value is -3.09. The van der Waals surface area contributed by atoms with Crippen molar-refractivity contribution in [3.63, 3.8) is 0 Å². The monoisotopic (exact) mass is 566 g/mol. The first-order valence-corrected chi connectivity index (χ1v) is 14.4. The summed E-state index contributed by atoms with van der Waals surface area (Å²) in [5, 5.41) is 17.1. The summed E-state index contributed by atoms with van der Waals surface area (Å²) >= 11 is 0. The molecule has 2 atom stereocenters. The number of nitrogens with zero attached hydrogens (tertiary/aromatic N) is 2. The number of rotatable bonds is 10. The maximum Gasteiger partial charge on any atom is 0.390 e. The van der Waals surface area contributed by atoms with Crippen LogP contribution in [-0.4, -0.2) is 68.2 Å². The van der Waals surface area contributed by atoms with E-state index < -0.39 is 40.7 Å². The molecule has 4 rings (SSSR count). The molecule has 212 valence electrons. The molecular formula is C27H33F3N4O4S. The van der Waals surface area contributed by atoms with Gasteiger partial charge in [-0.2, -0.15) is 13.2 Å². The lowest BCUT2D eigenvalue weighted by molar-refractivity contribution is -0.133. The molecule has 0 bridgehead atoms. The molecule has 1 aliphatic heterocycles. The van der Waals surface area contributed by atoms with Gasteiger partial charge in [-0.1, -0.05) is 30.3 Å². The topological polar surface area (TPSA) is 104 Å². The number of halogens is 3. The average molecular weight is 567 g/mol. The van der Waals surface area contributed by atoms with Gasteiger partial charge in [-0.3, -0.25) is 9.10 Å². The zero-order valence-corrected chi connectivity index (χ0v) is 22.6. The number of anilines is 1. The number of aliphatic hydroxyl groups is 1. The largest absolute Gasteiger partial charge is 0.390 e. The first-order chi connectivity index (χ1) is 18.4. The Labute approximate surface area is 225 Å². The Morgan fingerprint density at radius 1 is 1.18 bits per heavy atom. The minimum atomic E-state index is -4.32. The Balaban J connectivity index is 1.63. The van der Waals surface area contributed by atoms with Crippen LogP contribution in [0, 0.1) is 0 Å². The molecule has 0 spiro atoms. The van der Waals surface area contributed by atoms with E-state index in [1.54, 1.807) is 6.07 Å². The fraction of sp³-hybridized carbons (Fsp3) is 0.444. The van der Waals surface area contributed by atoms with Crippen molar-refractivity contribution in [1.29, 1.82) is 0 Å². The molecule has 0 radical (unpaired) electrons. The first kappa shape index (κ1) is 28.9. The van der Waals surface area contributed by atoms with Gasteiger partial charge in [0.2, 0.25) is 10.0 Å². The van der Waals surface area contributed by atoms with Crippen molar-refractivity contribution in [2.24, 2.45) is 0 Å². The lowest BCUT2D eigenvalue weighted by Gasteiger charge is -2.25. The van der Waals surface area contributed by atoms with Crippen LogP contribution in [0.3, 0.4) is 0 Å². The molecule has 0 fully saturated rings. The number of sulfonamides is 1. The van der Waals surface area contributed by atoms with Crippen LogP contribution in [0.25, 0.3) is 10.9 Å². The molecule has 0 unspecified atom stereocenters. The third-order valence-electron chi connectivity index (χ3n) is 7.05. The van der Waals surface area contributed by atoms with E-state index >= 15 is 0 Å². The number of carbonyl (C=O) groups is 1. The molecule has 8 nitrogen and oxygen atoms in total. The smallest absolute Gasteiger partial charge is 0.390 e. The minimum Gasteiger partial charge on any atom is -0.390 e. The summed E-state index contributed by atoms with van der Waals surface area (Å²) in [6.45, 7) is 2.07. The van der Waals surface area contributed by atoms with E-state index in [1.165, 1.54) is 17.4 Å². The summed E-state index contributed by atoms with van der Waals surface area (Å²) in [6.07, 6.45) is -4.01. The molecule has 1 aromatic heterocycles. The van der Waals surface area contributed by atoms with E-state index in [0.717, 1.165) is 22.0 Å². The molecule has 0 aliphatic carbocycles. The molecule has 1 amide bonds. The minimum absolute atomic E-state index is 0.0464. The molecule has 3 N–H and O–H groups in total. The van der Waals surface area contributed by atoms with Gasteiger partial charge >= 0.3 is 6.18 Å². The molecule has 3 aromatic rings. The van der Waals surface area contributed by atoms with Crippen molar-refractivity contribution in [1.82, 2.24) is 15.2 Å². The molecule has 39 heavy (non-hydrogen) atoms. The van der Waals surface area contributed by atoms with E-state index in [-0.39, 0.29) is 30.8 Å². The van der Waals surface area contributed by atoms with Crippen LogP contribution < -0.4 is 14.9 Å². The maximum absolute atomic E-state index is 13.5. The van der Waals surface area contributed by atoms with Crippen LogP contribution in [0.15, 0.2) is 48.7 Å². The normalized spacial score (nSPS) is 16.6. The van der Waals surface area contributed by atoms with Crippen molar-refractivity contribution >= 4 is 32.5 Å². The molecule has 0 saturated carbocycles. The number of carbonyl (C=O) groups excluding carboxylic acids is 1. The second-order valence-corrected chi connectivity index (χ2v) is 11.9. The van der Waals surface area contributed by atoms with Crippen molar-refractivity contribution in [2.45, 2.75) is 51.1 Å². The van der Waals surface area contributed by atoms with E-state index in [0.29, 0.717) is 18.7 Å². The Kier molecular flexibility index (Phi) is 8.57. The van der Waals surface area contributed by atoms with Crippen LogP contribution >= 0.6 is 0 Å². The zero-order valence-electron chi connectivity index (χ0n) is 21.8. The number of hydrogen-bond donors (Lipinski definition) is 3. The average Bonchev–Trinajstić information content (AvgIpc) is 3.22. The molecule has 1 aliphatic rings. The number of alkyl halides is 3. The van der Waals surface area contributed by atoms with Gasteiger partial charge in [0.05, 0.1) is 35.5 Å². The van der Waals surface area contributed by atoms with Gasteiger partial charge in [-0.25, -0.2) is 8.42 Å². The quantitative estimate of drug-likeness (QED) is 0.327. The zero-order chi connectivity index (χ0) is 28.4. The van der Waals surface area contributed by atoms with Crippen LogP contribution in [-0.2, 0) is 29.4 Å². The summed E-state index contributed by atoms with van der Waals surface area (Å²) in [5.41, 5.74) is 3.08. The van der Waals surface area contributed by atoms with E-state index in [1.807, 2.05) is 48.0 Å². The van der Waals surface area contributed by atoms with Crippen molar-refractivity contribution in [2.75, 3.05) is 30.2 Å². The van der Waals surface area contributed by atoms with E-state index in [4.69, 9.17) is 0 Å². The van der Waals surface area contributed by atoms with Crippen molar-refractivity contribution in [3.8, 4) is 0 Å². The molecule has 2 aromatic carbocycles. The summed E-state index contributed by atoms with van der Waals surface area (Å²) in [7, 11) is -2.11. The van der Waals surface area contributed by atoms with Gasteiger partial charge < -0.3 is 20.3 Å². The Morgan fingerprint density at radius 3 is 2.56 bits per heavy atom. The van der Waals surface area contributed by atoms with Crippen LogP contribution in [0.1, 0.15) is 34.8 Å². The predicted molar refractivity (Wildman–Crippen MR) is 144 cm³/mol. The van der Waals surface area contributed by atoms with Gasteiger partial charge in [-0.15, -0.1) is 0 Å². The molecular weight excluding hydrogens is 533 g/mol. The second kappa shape index (κ2) is 11.6. The van der Waals surface area contributed by atoms with Crippen LogP contribution in [0.2, 0.25) is 0 Å². The predicted octanol–water partition coefficient (Wildman–Crippen LogP) is 3.23. The van der Waals surface area contributed by atoms with Gasteiger partial charge in [0.1, 0.15) is 0 Å². The van der Waals surface area contributed by atoms with Crippen molar-refractivity contribution in [3.05, 3.63) is 65.4 Å². The van der Waals surface area contributed by atoms with Crippen molar-refractivity contribution < 1.29 is 31.5 Å². The maximum atomic E-state index is 13.5. The highest BCUT2D eigenvalue weighted by Gasteiger charge is 2.30. The highest BCUT2D eigenvalue weighted by molar-refractivity contribution is 7.92. The number of aliphatic hydroxyl groups excluding tert-OH is 1. The van der Waals surface area contributed by atoms with Gasteiger partial charge in [-0.05, 0) is 43.0 Å². The number of nitrogens with one attached hydrogen (secondary N) is 2. The SMILES string of the molecule is CCn1cc2c3c(cc(C(=O)N[C@@H](Cc4ccccc4)[C@H](O)CNCCC(F)(F)F)cc31)N(C)S(=O)(=O)CC2. The summed E-state index contributed by atoms with van der Waals surface area (Å²) in [5.74, 6) is -0.571. The van der Waals surface area contributed by atoms with Gasteiger partial charge in [0.25, 0.3) is 5.91 Å². The fourth-order valence-corrected chi connectivity index (χ4v) is 6.07. The summed E-state index contributed by atoms with van der Waals surface area (Å²) < 4.78 is 66.4. The lowest BCUT2D eigenvalue weighted by atomic mass is 10.00. The molecule has 12 heteroatoms. The number of benzene rings is 2. The number of hydrogen-bond acceptors (Lipinski definition) is 5. The second-order valence-electron chi connectivity index (χ2n) is 9.77. The van der Waals surface area contributed by atoms with Gasteiger partial charge in [0, 0.05) is 43.8 Å². The summed E-state index contributed by atoms with van der Waals surface area (Å²) in [6, 6.07) is 11.6. The van der Waals surface area contributed by atoms with Gasteiger partial charge in [0.15, 0.2) is 0 Å².